The molecule has 0 atom stereocenters. The number of rotatable bonds is 4. The first-order valence-corrected chi connectivity index (χ1v) is 6.17. The smallest absolute Gasteiger partial charge is 0.00366 e. The molecule has 15 heavy (non-hydrogen) atoms. The molecule has 0 bridgehead atoms. The van der Waals surface area contributed by atoms with Gasteiger partial charge in [0.1, 0.15) is 0 Å². The molecule has 0 radical (unpaired) electrons. The highest BCUT2D eigenvalue weighted by molar-refractivity contribution is 5.28. The van der Waals surface area contributed by atoms with Gasteiger partial charge in [-0.25, -0.2) is 0 Å². The molecular weight excluding hydrogens is 182 g/mol. The van der Waals surface area contributed by atoms with Crippen molar-refractivity contribution in [1.29, 1.82) is 0 Å². The third kappa shape index (κ3) is 2.82. The summed E-state index contributed by atoms with van der Waals surface area (Å²) >= 11 is 0. The van der Waals surface area contributed by atoms with Gasteiger partial charge < -0.3 is 5.73 Å². The average Bonchev–Trinajstić information content (AvgIpc) is 2.74. The van der Waals surface area contributed by atoms with E-state index >= 15 is 0 Å². The second-order valence-electron chi connectivity index (χ2n) is 4.66. The fourth-order valence-electron chi connectivity index (χ4n) is 2.68. The third-order valence-corrected chi connectivity index (χ3v) is 3.52. The molecule has 1 nitrogen and oxygen atoms in total. The minimum absolute atomic E-state index is 0.766. The van der Waals surface area contributed by atoms with Crippen molar-refractivity contribution in [3.05, 3.63) is 35.4 Å². The Morgan fingerprint density at radius 3 is 2.40 bits per heavy atom. The average molecular weight is 203 g/mol. The van der Waals surface area contributed by atoms with Crippen LogP contribution in [0.25, 0.3) is 0 Å². The molecule has 0 spiro atoms. The van der Waals surface area contributed by atoms with E-state index in [4.69, 9.17) is 5.73 Å². The van der Waals surface area contributed by atoms with Crippen molar-refractivity contribution in [3.63, 3.8) is 0 Å². The molecular formula is C14H21N. The summed E-state index contributed by atoms with van der Waals surface area (Å²) in [5, 5.41) is 0. The lowest BCUT2D eigenvalue weighted by molar-refractivity contribution is 0.544. The minimum atomic E-state index is 0.766. The largest absolute Gasteiger partial charge is 0.330 e. The van der Waals surface area contributed by atoms with E-state index in [0.29, 0.717) is 0 Å². The topological polar surface area (TPSA) is 26.0 Å². The van der Waals surface area contributed by atoms with Gasteiger partial charge in [0, 0.05) is 0 Å². The number of hydrogen-bond donors (Lipinski definition) is 1. The molecule has 0 amide bonds. The standard InChI is InChI=1S/C14H21N/c15-10-9-13-7-3-4-8-14(13)11-12-5-1-2-6-12/h3-4,7-8,12H,1-2,5-6,9-11,15H2. The predicted molar refractivity (Wildman–Crippen MR) is 64.9 cm³/mol. The van der Waals surface area contributed by atoms with Gasteiger partial charge in [-0.1, -0.05) is 49.9 Å². The fourth-order valence-corrected chi connectivity index (χ4v) is 2.68. The predicted octanol–water partition coefficient (Wildman–Crippen LogP) is 2.92. The second-order valence-corrected chi connectivity index (χ2v) is 4.66. The molecule has 0 saturated heterocycles. The van der Waals surface area contributed by atoms with E-state index < -0.39 is 0 Å². The Labute approximate surface area is 92.7 Å². The Kier molecular flexibility index (Phi) is 3.79. The first kappa shape index (κ1) is 10.7. The summed E-state index contributed by atoms with van der Waals surface area (Å²) in [7, 11) is 0. The second kappa shape index (κ2) is 5.32. The van der Waals surface area contributed by atoms with Gasteiger partial charge in [0.2, 0.25) is 0 Å². The Balaban J connectivity index is 2.05. The Bertz CT molecular complexity index is 300. The zero-order valence-corrected chi connectivity index (χ0v) is 9.41. The Morgan fingerprint density at radius 2 is 1.73 bits per heavy atom. The van der Waals surface area contributed by atoms with Crippen LogP contribution >= 0.6 is 0 Å². The molecule has 1 aliphatic carbocycles. The van der Waals surface area contributed by atoms with E-state index in [1.54, 1.807) is 0 Å². The van der Waals surface area contributed by atoms with Gasteiger partial charge in [0.15, 0.2) is 0 Å². The lowest BCUT2D eigenvalue weighted by atomic mass is 9.93. The van der Waals surface area contributed by atoms with E-state index in [1.165, 1.54) is 43.2 Å². The summed E-state index contributed by atoms with van der Waals surface area (Å²) in [5.41, 5.74) is 8.64. The molecule has 82 valence electrons. The van der Waals surface area contributed by atoms with Crippen molar-refractivity contribution in [2.75, 3.05) is 6.54 Å². The van der Waals surface area contributed by atoms with E-state index in [1.807, 2.05) is 0 Å². The van der Waals surface area contributed by atoms with E-state index in [0.717, 1.165) is 18.9 Å². The van der Waals surface area contributed by atoms with Crippen molar-refractivity contribution in [2.24, 2.45) is 11.7 Å². The molecule has 1 aromatic carbocycles. The molecule has 1 saturated carbocycles. The van der Waals surface area contributed by atoms with Gasteiger partial charge in [-0.2, -0.15) is 0 Å². The van der Waals surface area contributed by atoms with Crippen LogP contribution in [0.4, 0.5) is 0 Å². The summed E-state index contributed by atoms with van der Waals surface area (Å²) in [6.07, 6.45) is 8.03. The van der Waals surface area contributed by atoms with Gasteiger partial charge in [-0.05, 0) is 36.4 Å². The fraction of sp³-hybridized carbons (Fsp3) is 0.571. The number of nitrogens with two attached hydrogens (primary N) is 1. The first-order valence-electron chi connectivity index (χ1n) is 6.17. The zero-order chi connectivity index (χ0) is 10.5. The summed E-state index contributed by atoms with van der Waals surface area (Å²) in [6.45, 7) is 0.766. The molecule has 1 aliphatic rings. The summed E-state index contributed by atoms with van der Waals surface area (Å²) in [5.74, 6) is 0.934. The lowest BCUT2D eigenvalue weighted by Gasteiger charge is -2.12. The summed E-state index contributed by atoms with van der Waals surface area (Å²) in [6, 6.07) is 8.80. The van der Waals surface area contributed by atoms with Crippen LogP contribution in [0.15, 0.2) is 24.3 Å². The molecule has 2 N–H and O–H groups in total. The van der Waals surface area contributed by atoms with Crippen LogP contribution in [-0.4, -0.2) is 6.54 Å². The van der Waals surface area contributed by atoms with Crippen LogP contribution < -0.4 is 5.73 Å². The number of benzene rings is 1. The number of hydrogen-bond acceptors (Lipinski definition) is 1. The van der Waals surface area contributed by atoms with Gasteiger partial charge in [-0.15, -0.1) is 0 Å². The SMILES string of the molecule is NCCc1ccccc1CC1CCCC1. The molecule has 0 aromatic heterocycles. The van der Waals surface area contributed by atoms with Crippen LogP contribution in [0.3, 0.4) is 0 Å². The molecule has 0 heterocycles. The molecule has 1 heteroatoms. The monoisotopic (exact) mass is 203 g/mol. The maximum Gasteiger partial charge on any atom is -0.00366 e. The maximum atomic E-state index is 5.64. The highest BCUT2D eigenvalue weighted by Crippen LogP contribution is 2.28. The van der Waals surface area contributed by atoms with Gasteiger partial charge >= 0.3 is 0 Å². The van der Waals surface area contributed by atoms with Crippen LogP contribution in [-0.2, 0) is 12.8 Å². The minimum Gasteiger partial charge on any atom is -0.330 e. The molecule has 1 fully saturated rings. The van der Waals surface area contributed by atoms with Crippen molar-refractivity contribution in [3.8, 4) is 0 Å². The van der Waals surface area contributed by atoms with Gasteiger partial charge in [-0.3, -0.25) is 0 Å². The van der Waals surface area contributed by atoms with Gasteiger partial charge in [0.25, 0.3) is 0 Å². The molecule has 0 aliphatic heterocycles. The van der Waals surface area contributed by atoms with Crippen LogP contribution in [0, 0.1) is 5.92 Å². The maximum absolute atomic E-state index is 5.64. The quantitative estimate of drug-likeness (QED) is 0.800. The summed E-state index contributed by atoms with van der Waals surface area (Å²) < 4.78 is 0. The molecule has 1 aromatic rings. The van der Waals surface area contributed by atoms with Gasteiger partial charge in [0.05, 0.1) is 0 Å². The molecule has 0 unspecified atom stereocenters. The van der Waals surface area contributed by atoms with E-state index in [9.17, 15) is 0 Å². The highest BCUT2D eigenvalue weighted by atomic mass is 14.5. The zero-order valence-electron chi connectivity index (χ0n) is 9.41. The van der Waals surface area contributed by atoms with E-state index in [-0.39, 0.29) is 0 Å². The lowest BCUT2D eigenvalue weighted by Crippen LogP contribution is -2.07. The molecule has 2 rings (SSSR count). The normalized spacial score (nSPS) is 17.1. The third-order valence-electron chi connectivity index (χ3n) is 3.52. The summed E-state index contributed by atoms with van der Waals surface area (Å²) in [4.78, 5) is 0. The van der Waals surface area contributed by atoms with Crippen molar-refractivity contribution < 1.29 is 0 Å². The van der Waals surface area contributed by atoms with Crippen molar-refractivity contribution in [2.45, 2.75) is 38.5 Å². The Morgan fingerprint density at radius 1 is 1.07 bits per heavy atom. The van der Waals surface area contributed by atoms with Crippen LogP contribution in [0.5, 0.6) is 0 Å². The highest BCUT2D eigenvalue weighted by Gasteiger charge is 2.16. The first-order chi connectivity index (χ1) is 7.40. The van der Waals surface area contributed by atoms with Crippen LogP contribution in [0.1, 0.15) is 36.8 Å². The Hall–Kier alpha value is -0.820. The van der Waals surface area contributed by atoms with Crippen molar-refractivity contribution in [1.82, 2.24) is 0 Å². The van der Waals surface area contributed by atoms with Crippen LogP contribution in [0.2, 0.25) is 0 Å². The van der Waals surface area contributed by atoms with E-state index in [2.05, 4.69) is 24.3 Å². The van der Waals surface area contributed by atoms with Crippen molar-refractivity contribution >= 4 is 0 Å².